The lowest BCUT2D eigenvalue weighted by Crippen LogP contribution is -2.46. The van der Waals surface area contributed by atoms with Crippen LogP contribution in [0.25, 0.3) is 0 Å². The molecular weight excluding hydrogens is 266 g/mol. The number of nitrogen functional groups attached to an aromatic ring is 1. The minimum Gasteiger partial charge on any atom is -0.484 e. The Labute approximate surface area is 126 Å². The molecule has 1 fully saturated rings. The van der Waals surface area contributed by atoms with Crippen LogP contribution in [0.15, 0.2) is 24.3 Å². The van der Waals surface area contributed by atoms with Gasteiger partial charge in [-0.05, 0) is 43.7 Å². The molecule has 5 heteroatoms. The number of piperidine rings is 1. The van der Waals surface area contributed by atoms with Crippen LogP contribution in [0.2, 0.25) is 0 Å². The lowest BCUT2D eigenvalue weighted by Gasteiger charge is -2.36. The molecule has 5 nitrogen and oxygen atoms in total. The molecule has 0 saturated carbocycles. The van der Waals surface area contributed by atoms with E-state index >= 15 is 0 Å². The molecule has 0 spiro atoms. The van der Waals surface area contributed by atoms with Gasteiger partial charge in [0, 0.05) is 31.9 Å². The third kappa shape index (κ3) is 4.36. The van der Waals surface area contributed by atoms with Gasteiger partial charge in [0.05, 0.1) is 0 Å². The number of nitrogens with two attached hydrogens (primary N) is 1. The zero-order chi connectivity index (χ0) is 15.2. The summed E-state index contributed by atoms with van der Waals surface area (Å²) >= 11 is 0. The second kappa shape index (κ2) is 7.31. The van der Waals surface area contributed by atoms with E-state index in [1.54, 1.807) is 24.3 Å². The molecule has 21 heavy (non-hydrogen) atoms. The molecule has 0 radical (unpaired) electrons. The van der Waals surface area contributed by atoms with Crippen molar-refractivity contribution in [3.8, 4) is 5.75 Å². The van der Waals surface area contributed by atoms with Gasteiger partial charge in [0.25, 0.3) is 5.91 Å². The molecule has 1 heterocycles. The van der Waals surface area contributed by atoms with E-state index in [0.717, 1.165) is 32.5 Å². The van der Waals surface area contributed by atoms with Crippen molar-refractivity contribution in [2.45, 2.75) is 25.8 Å². The first-order valence-corrected chi connectivity index (χ1v) is 7.56. The predicted octanol–water partition coefficient (Wildman–Crippen LogP) is 1.59. The van der Waals surface area contributed by atoms with Gasteiger partial charge < -0.3 is 20.3 Å². The van der Waals surface area contributed by atoms with E-state index in [2.05, 4.69) is 11.8 Å². The van der Waals surface area contributed by atoms with Gasteiger partial charge in [0.1, 0.15) is 5.75 Å². The second-order valence-electron chi connectivity index (χ2n) is 5.53. The smallest absolute Gasteiger partial charge is 0.260 e. The molecule has 1 amide bonds. The summed E-state index contributed by atoms with van der Waals surface area (Å²) in [4.78, 5) is 16.5. The molecule has 1 aromatic carbocycles. The molecule has 1 aromatic rings. The standard InChI is InChI=1S/C16H25N3O2/c1-3-19-10-8-14(9-11-19)18(2)16(20)12-21-15-6-4-13(17)5-7-15/h4-7,14H,3,8-12,17H2,1-2H3. The number of likely N-dealkylation sites (tertiary alicyclic amines) is 1. The molecule has 0 unspecified atom stereocenters. The van der Waals surface area contributed by atoms with Gasteiger partial charge in [-0.25, -0.2) is 0 Å². The van der Waals surface area contributed by atoms with Crippen LogP contribution >= 0.6 is 0 Å². The molecule has 0 atom stereocenters. The van der Waals surface area contributed by atoms with Crippen LogP contribution in [0.1, 0.15) is 19.8 Å². The van der Waals surface area contributed by atoms with Gasteiger partial charge in [-0.15, -0.1) is 0 Å². The van der Waals surface area contributed by atoms with Crippen LogP contribution in [-0.4, -0.2) is 55.0 Å². The molecule has 1 aliphatic rings. The van der Waals surface area contributed by atoms with E-state index in [9.17, 15) is 4.79 Å². The van der Waals surface area contributed by atoms with Crippen molar-refractivity contribution in [1.29, 1.82) is 0 Å². The minimum atomic E-state index is 0.0294. The van der Waals surface area contributed by atoms with Crippen molar-refractivity contribution in [2.75, 3.05) is 39.0 Å². The van der Waals surface area contributed by atoms with Gasteiger partial charge in [-0.1, -0.05) is 6.92 Å². The molecule has 1 saturated heterocycles. The predicted molar refractivity (Wildman–Crippen MR) is 84.3 cm³/mol. The fourth-order valence-electron chi connectivity index (χ4n) is 2.64. The number of ether oxygens (including phenoxy) is 1. The Balaban J connectivity index is 1.78. The Kier molecular flexibility index (Phi) is 5.44. The zero-order valence-electron chi connectivity index (χ0n) is 12.9. The summed E-state index contributed by atoms with van der Waals surface area (Å²) in [5.74, 6) is 0.702. The molecule has 2 N–H and O–H groups in total. The lowest BCUT2D eigenvalue weighted by atomic mass is 10.0. The molecule has 0 aliphatic carbocycles. The van der Waals surface area contributed by atoms with Crippen molar-refractivity contribution in [3.05, 3.63) is 24.3 Å². The normalized spacial score (nSPS) is 16.7. The second-order valence-corrected chi connectivity index (χ2v) is 5.53. The average molecular weight is 291 g/mol. The van der Waals surface area contributed by atoms with E-state index in [1.165, 1.54) is 0 Å². The van der Waals surface area contributed by atoms with Crippen molar-refractivity contribution < 1.29 is 9.53 Å². The number of amides is 1. The zero-order valence-corrected chi connectivity index (χ0v) is 12.9. The number of anilines is 1. The van der Waals surface area contributed by atoms with Crippen LogP contribution in [0.4, 0.5) is 5.69 Å². The topological polar surface area (TPSA) is 58.8 Å². The van der Waals surface area contributed by atoms with Gasteiger partial charge in [-0.2, -0.15) is 0 Å². The fraction of sp³-hybridized carbons (Fsp3) is 0.562. The summed E-state index contributed by atoms with van der Waals surface area (Å²) in [6.07, 6.45) is 2.08. The molecule has 2 rings (SSSR count). The van der Waals surface area contributed by atoms with Crippen LogP contribution in [0.5, 0.6) is 5.75 Å². The van der Waals surface area contributed by atoms with E-state index in [0.29, 0.717) is 17.5 Å². The molecule has 0 bridgehead atoms. The SMILES string of the molecule is CCN1CCC(N(C)C(=O)COc2ccc(N)cc2)CC1. The maximum Gasteiger partial charge on any atom is 0.260 e. The number of likely N-dealkylation sites (N-methyl/N-ethyl adjacent to an activating group) is 1. The first-order chi connectivity index (χ1) is 10.1. The molecule has 116 valence electrons. The maximum absolute atomic E-state index is 12.2. The summed E-state index contributed by atoms with van der Waals surface area (Å²) < 4.78 is 5.52. The van der Waals surface area contributed by atoms with Gasteiger partial charge in [-0.3, -0.25) is 4.79 Å². The maximum atomic E-state index is 12.2. The highest BCUT2D eigenvalue weighted by molar-refractivity contribution is 5.77. The molecule has 0 aromatic heterocycles. The number of carbonyl (C=O) groups excluding carboxylic acids is 1. The highest BCUT2D eigenvalue weighted by atomic mass is 16.5. The summed E-state index contributed by atoms with van der Waals surface area (Å²) in [7, 11) is 1.88. The summed E-state index contributed by atoms with van der Waals surface area (Å²) in [5.41, 5.74) is 6.30. The Morgan fingerprint density at radius 2 is 1.95 bits per heavy atom. The van der Waals surface area contributed by atoms with Crippen LogP contribution in [-0.2, 0) is 4.79 Å². The van der Waals surface area contributed by atoms with Gasteiger partial charge in [0.2, 0.25) is 0 Å². The van der Waals surface area contributed by atoms with Crippen LogP contribution in [0, 0.1) is 0 Å². The number of hydrogen-bond donors (Lipinski definition) is 1. The minimum absolute atomic E-state index is 0.0294. The third-order valence-electron chi connectivity index (χ3n) is 4.19. The Hall–Kier alpha value is -1.75. The largest absolute Gasteiger partial charge is 0.484 e. The molecular formula is C16H25N3O2. The number of benzene rings is 1. The third-order valence-corrected chi connectivity index (χ3v) is 4.19. The first-order valence-electron chi connectivity index (χ1n) is 7.56. The van der Waals surface area contributed by atoms with E-state index in [1.807, 2.05) is 11.9 Å². The highest BCUT2D eigenvalue weighted by Crippen LogP contribution is 2.16. The number of carbonyl (C=O) groups is 1. The number of hydrogen-bond acceptors (Lipinski definition) is 4. The van der Waals surface area contributed by atoms with Crippen molar-refractivity contribution >= 4 is 11.6 Å². The van der Waals surface area contributed by atoms with Crippen LogP contribution in [0.3, 0.4) is 0 Å². The Morgan fingerprint density at radius 3 is 2.52 bits per heavy atom. The number of nitrogens with zero attached hydrogens (tertiary/aromatic N) is 2. The quantitative estimate of drug-likeness (QED) is 0.837. The summed E-state index contributed by atoms with van der Waals surface area (Å²) in [6.45, 7) is 5.48. The monoisotopic (exact) mass is 291 g/mol. The van der Waals surface area contributed by atoms with Crippen LogP contribution < -0.4 is 10.5 Å². The van der Waals surface area contributed by atoms with Gasteiger partial charge >= 0.3 is 0 Å². The Morgan fingerprint density at radius 1 is 1.33 bits per heavy atom. The molecule has 1 aliphatic heterocycles. The average Bonchev–Trinajstić information content (AvgIpc) is 2.53. The highest BCUT2D eigenvalue weighted by Gasteiger charge is 2.24. The first kappa shape index (κ1) is 15.6. The van der Waals surface area contributed by atoms with E-state index < -0.39 is 0 Å². The summed E-state index contributed by atoms with van der Waals surface area (Å²) in [5, 5.41) is 0. The van der Waals surface area contributed by atoms with E-state index in [-0.39, 0.29) is 12.5 Å². The van der Waals surface area contributed by atoms with Crippen molar-refractivity contribution in [1.82, 2.24) is 9.80 Å². The fourth-order valence-corrected chi connectivity index (χ4v) is 2.64. The number of rotatable bonds is 5. The lowest BCUT2D eigenvalue weighted by molar-refractivity contribution is -0.135. The van der Waals surface area contributed by atoms with Gasteiger partial charge in [0.15, 0.2) is 6.61 Å². The van der Waals surface area contributed by atoms with Crippen molar-refractivity contribution in [3.63, 3.8) is 0 Å². The van der Waals surface area contributed by atoms with E-state index in [4.69, 9.17) is 10.5 Å². The Bertz CT molecular complexity index is 453. The summed E-state index contributed by atoms with van der Waals surface area (Å²) in [6, 6.07) is 7.42. The van der Waals surface area contributed by atoms with Crippen molar-refractivity contribution in [2.24, 2.45) is 0 Å².